The summed E-state index contributed by atoms with van der Waals surface area (Å²) in [5, 5.41) is 23.9. The SMILES string of the molecule is C/C(=N/NC(=O)CSCc1ccc([N+](=O)[O-])cc1)c1ccc(O)cc1. The fourth-order valence-electron chi connectivity index (χ4n) is 1.92. The zero-order chi connectivity index (χ0) is 18.2. The van der Waals surface area contributed by atoms with Crippen LogP contribution in [0.25, 0.3) is 0 Å². The Labute approximate surface area is 148 Å². The van der Waals surface area contributed by atoms with Crippen LogP contribution >= 0.6 is 11.8 Å². The highest BCUT2D eigenvalue weighted by Crippen LogP contribution is 2.16. The first-order valence-electron chi connectivity index (χ1n) is 7.39. The van der Waals surface area contributed by atoms with Crippen LogP contribution in [0.3, 0.4) is 0 Å². The van der Waals surface area contributed by atoms with E-state index in [1.165, 1.54) is 23.9 Å². The Balaban J connectivity index is 1.77. The van der Waals surface area contributed by atoms with Gasteiger partial charge in [0.15, 0.2) is 0 Å². The monoisotopic (exact) mass is 359 g/mol. The minimum atomic E-state index is -0.446. The number of hydrazone groups is 1. The Kier molecular flexibility index (Phi) is 6.53. The molecule has 2 N–H and O–H groups in total. The Morgan fingerprint density at radius 1 is 1.20 bits per heavy atom. The Bertz CT molecular complexity index is 773. The normalized spacial score (nSPS) is 11.2. The van der Waals surface area contributed by atoms with Crippen molar-refractivity contribution in [2.45, 2.75) is 12.7 Å². The van der Waals surface area contributed by atoms with E-state index in [0.717, 1.165) is 11.1 Å². The summed E-state index contributed by atoms with van der Waals surface area (Å²) >= 11 is 1.39. The summed E-state index contributed by atoms with van der Waals surface area (Å²) in [4.78, 5) is 21.9. The number of nitro groups is 1. The van der Waals surface area contributed by atoms with E-state index in [2.05, 4.69) is 10.5 Å². The largest absolute Gasteiger partial charge is 0.508 e. The van der Waals surface area contributed by atoms with Crippen LogP contribution in [0.2, 0.25) is 0 Å². The Morgan fingerprint density at radius 3 is 2.44 bits per heavy atom. The Hall–Kier alpha value is -2.87. The number of thioether (sulfide) groups is 1. The quantitative estimate of drug-likeness (QED) is 0.449. The van der Waals surface area contributed by atoms with Crippen molar-refractivity contribution in [3.63, 3.8) is 0 Å². The molecule has 0 aromatic heterocycles. The maximum atomic E-state index is 11.8. The molecule has 0 atom stereocenters. The van der Waals surface area contributed by atoms with E-state index in [1.807, 2.05) is 0 Å². The number of nitrogens with zero attached hydrogens (tertiary/aromatic N) is 2. The number of carbonyl (C=O) groups excluding carboxylic acids is 1. The van der Waals surface area contributed by atoms with Crippen LogP contribution in [-0.4, -0.2) is 27.4 Å². The van der Waals surface area contributed by atoms with Crippen molar-refractivity contribution in [1.82, 2.24) is 5.43 Å². The predicted octanol–water partition coefficient (Wildman–Crippen LogP) is 3.07. The maximum absolute atomic E-state index is 11.8. The summed E-state index contributed by atoms with van der Waals surface area (Å²) in [7, 11) is 0. The van der Waals surface area contributed by atoms with Crippen molar-refractivity contribution < 1.29 is 14.8 Å². The molecule has 7 nitrogen and oxygen atoms in total. The van der Waals surface area contributed by atoms with Crippen molar-refractivity contribution in [2.75, 3.05) is 5.75 Å². The van der Waals surface area contributed by atoms with Crippen LogP contribution < -0.4 is 5.43 Å². The minimum Gasteiger partial charge on any atom is -0.508 e. The second-order valence-corrected chi connectivity index (χ2v) is 6.18. The number of phenols is 1. The topological polar surface area (TPSA) is 105 Å². The van der Waals surface area contributed by atoms with E-state index in [4.69, 9.17) is 0 Å². The lowest BCUT2D eigenvalue weighted by molar-refractivity contribution is -0.384. The number of hydrogen-bond acceptors (Lipinski definition) is 6. The fraction of sp³-hybridized carbons (Fsp3) is 0.176. The van der Waals surface area contributed by atoms with E-state index in [-0.39, 0.29) is 23.1 Å². The molecule has 8 heteroatoms. The van der Waals surface area contributed by atoms with Gasteiger partial charge in [0, 0.05) is 17.9 Å². The molecule has 0 aliphatic heterocycles. The third kappa shape index (κ3) is 5.92. The van der Waals surface area contributed by atoms with Gasteiger partial charge in [-0.15, -0.1) is 11.8 Å². The number of aromatic hydroxyl groups is 1. The molecule has 0 saturated carbocycles. The molecular weight excluding hydrogens is 342 g/mol. The average molecular weight is 359 g/mol. The van der Waals surface area contributed by atoms with E-state index >= 15 is 0 Å². The van der Waals surface area contributed by atoms with Gasteiger partial charge in [0.05, 0.1) is 16.4 Å². The van der Waals surface area contributed by atoms with Crippen molar-refractivity contribution >= 4 is 29.1 Å². The molecular formula is C17H17N3O4S. The Morgan fingerprint density at radius 2 is 1.84 bits per heavy atom. The lowest BCUT2D eigenvalue weighted by Crippen LogP contribution is -2.21. The molecule has 0 heterocycles. The number of non-ortho nitro benzene ring substituents is 1. The van der Waals surface area contributed by atoms with Gasteiger partial charge in [0.2, 0.25) is 5.91 Å². The van der Waals surface area contributed by atoms with Gasteiger partial charge < -0.3 is 5.11 Å². The highest BCUT2D eigenvalue weighted by Gasteiger charge is 2.05. The molecule has 2 rings (SSSR count). The number of phenolic OH excluding ortho intramolecular Hbond substituents is 1. The lowest BCUT2D eigenvalue weighted by Gasteiger charge is -2.04. The predicted molar refractivity (Wildman–Crippen MR) is 97.7 cm³/mol. The number of hydrogen-bond donors (Lipinski definition) is 2. The van der Waals surface area contributed by atoms with Crippen LogP contribution in [0.1, 0.15) is 18.1 Å². The molecule has 0 aliphatic carbocycles. The van der Waals surface area contributed by atoms with E-state index < -0.39 is 4.92 Å². The molecule has 25 heavy (non-hydrogen) atoms. The molecule has 0 aliphatic rings. The van der Waals surface area contributed by atoms with Crippen molar-refractivity contribution in [2.24, 2.45) is 5.10 Å². The fourth-order valence-corrected chi connectivity index (χ4v) is 2.70. The summed E-state index contributed by atoms with van der Waals surface area (Å²) in [6.07, 6.45) is 0. The molecule has 130 valence electrons. The number of nitro benzene ring substituents is 1. The van der Waals surface area contributed by atoms with Crippen LogP contribution in [0.4, 0.5) is 5.69 Å². The zero-order valence-corrected chi connectivity index (χ0v) is 14.3. The van der Waals surface area contributed by atoms with Crippen LogP contribution in [0.5, 0.6) is 5.75 Å². The van der Waals surface area contributed by atoms with E-state index in [0.29, 0.717) is 11.5 Å². The van der Waals surface area contributed by atoms with Crippen LogP contribution in [0, 0.1) is 10.1 Å². The zero-order valence-electron chi connectivity index (χ0n) is 13.5. The van der Waals surface area contributed by atoms with Gasteiger partial charge in [0.1, 0.15) is 5.75 Å². The third-order valence-electron chi connectivity index (χ3n) is 3.28. The van der Waals surface area contributed by atoms with E-state index in [9.17, 15) is 20.0 Å². The summed E-state index contributed by atoms with van der Waals surface area (Å²) in [5.74, 6) is 0.739. The molecule has 2 aromatic rings. The molecule has 2 aromatic carbocycles. The first kappa shape index (κ1) is 18.5. The number of benzene rings is 2. The highest BCUT2D eigenvalue weighted by molar-refractivity contribution is 7.99. The molecule has 0 radical (unpaired) electrons. The molecule has 1 amide bonds. The minimum absolute atomic E-state index is 0.0468. The smallest absolute Gasteiger partial charge is 0.269 e. The van der Waals surface area contributed by atoms with Gasteiger partial charge in [-0.3, -0.25) is 14.9 Å². The standard InChI is InChI=1S/C17H17N3O4S/c1-12(14-4-8-16(21)9-5-14)18-19-17(22)11-25-10-13-2-6-15(7-3-13)20(23)24/h2-9,21H,10-11H2,1H3,(H,19,22)/b18-12-. The van der Waals surface area contributed by atoms with Crippen molar-refractivity contribution in [1.29, 1.82) is 0 Å². The lowest BCUT2D eigenvalue weighted by atomic mass is 10.1. The number of nitrogens with one attached hydrogen (secondary N) is 1. The second kappa shape index (κ2) is 8.84. The van der Waals surface area contributed by atoms with Gasteiger partial charge in [-0.05, 0) is 42.3 Å². The van der Waals surface area contributed by atoms with Gasteiger partial charge in [-0.1, -0.05) is 12.1 Å². The summed E-state index contributed by atoms with van der Waals surface area (Å²) in [6, 6.07) is 12.8. The summed E-state index contributed by atoms with van der Waals surface area (Å²) < 4.78 is 0. The molecule has 0 fully saturated rings. The van der Waals surface area contributed by atoms with Crippen molar-refractivity contribution in [3.8, 4) is 5.75 Å². The van der Waals surface area contributed by atoms with E-state index in [1.54, 1.807) is 43.3 Å². The first-order valence-corrected chi connectivity index (χ1v) is 8.55. The number of rotatable bonds is 7. The van der Waals surface area contributed by atoms with Gasteiger partial charge in [-0.25, -0.2) is 5.43 Å². The van der Waals surface area contributed by atoms with Crippen LogP contribution in [0.15, 0.2) is 53.6 Å². The third-order valence-corrected chi connectivity index (χ3v) is 4.29. The molecule has 0 saturated heterocycles. The highest BCUT2D eigenvalue weighted by atomic mass is 32.2. The molecule has 0 bridgehead atoms. The molecule has 0 unspecified atom stereocenters. The summed E-state index contributed by atoms with van der Waals surface area (Å²) in [6.45, 7) is 1.76. The van der Waals surface area contributed by atoms with Crippen LogP contribution in [-0.2, 0) is 10.5 Å². The number of carbonyl (C=O) groups is 1. The molecule has 0 spiro atoms. The second-order valence-electron chi connectivity index (χ2n) is 5.20. The average Bonchev–Trinajstić information content (AvgIpc) is 2.60. The van der Waals surface area contributed by atoms with Gasteiger partial charge in [0.25, 0.3) is 5.69 Å². The first-order chi connectivity index (χ1) is 12.0. The summed E-state index contributed by atoms with van der Waals surface area (Å²) in [5.41, 5.74) is 4.87. The van der Waals surface area contributed by atoms with Gasteiger partial charge in [-0.2, -0.15) is 5.10 Å². The maximum Gasteiger partial charge on any atom is 0.269 e. The van der Waals surface area contributed by atoms with Crippen molar-refractivity contribution in [3.05, 3.63) is 69.8 Å². The van der Waals surface area contributed by atoms with Gasteiger partial charge >= 0.3 is 0 Å². The number of amides is 1.